The average Bonchev–Trinajstić information content (AvgIpc) is 2.89. The van der Waals surface area contributed by atoms with Gasteiger partial charge >= 0.3 is 0 Å². The monoisotopic (exact) mass is 416 g/mol. The molecule has 0 bridgehead atoms. The Hall–Kier alpha value is -0.673. The highest BCUT2D eigenvalue weighted by Gasteiger charge is 2.56. The third-order valence-electron chi connectivity index (χ3n) is 9.17. The van der Waals surface area contributed by atoms with E-state index < -0.39 is 8.32 Å². The van der Waals surface area contributed by atoms with Gasteiger partial charge in [-0.15, -0.1) is 0 Å². The van der Waals surface area contributed by atoms with E-state index in [1.165, 1.54) is 25.7 Å². The van der Waals surface area contributed by atoms with Gasteiger partial charge in [-0.2, -0.15) is 0 Å². The van der Waals surface area contributed by atoms with Gasteiger partial charge in [0.1, 0.15) is 6.29 Å². The summed E-state index contributed by atoms with van der Waals surface area (Å²) in [5, 5.41) is 0.176. The topological polar surface area (TPSA) is 26.3 Å². The van der Waals surface area contributed by atoms with E-state index in [2.05, 4.69) is 67.6 Å². The molecule has 0 spiro atoms. The van der Waals surface area contributed by atoms with E-state index in [1.807, 2.05) is 0 Å². The molecule has 3 rings (SSSR count). The lowest BCUT2D eigenvalue weighted by Gasteiger charge is -2.54. The van der Waals surface area contributed by atoms with E-state index >= 15 is 0 Å². The minimum Gasteiger partial charge on any atom is -0.413 e. The SMILES string of the molecule is CC(C)C1=C2[C@@H]3CC=C(C=O)C[C@@H](O[Si](C)(C)C(C)(C)C)[C@]3(C)CC[C@@]2(C)CC1. The van der Waals surface area contributed by atoms with Gasteiger partial charge in [-0.25, -0.2) is 0 Å². The quantitative estimate of drug-likeness (QED) is 0.270. The van der Waals surface area contributed by atoms with Gasteiger partial charge in [-0.3, -0.25) is 4.79 Å². The van der Waals surface area contributed by atoms with Crippen LogP contribution in [-0.4, -0.2) is 20.7 Å². The lowest BCUT2D eigenvalue weighted by Crippen LogP contribution is -2.53. The first-order valence-electron chi connectivity index (χ1n) is 11.8. The molecule has 0 N–H and O–H groups in total. The highest BCUT2D eigenvalue weighted by molar-refractivity contribution is 6.74. The number of allylic oxidation sites excluding steroid dienone is 3. The van der Waals surface area contributed by atoms with Crippen molar-refractivity contribution in [1.29, 1.82) is 0 Å². The van der Waals surface area contributed by atoms with Crippen molar-refractivity contribution in [3.63, 3.8) is 0 Å². The number of hydrogen-bond donors (Lipinski definition) is 0. The highest BCUT2D eigenvalue weighted by Crippen LogP contribution is 2.63. The van der Waals surface area contributed by atoms with Crippen molar-refractivity contribution in [2.75, 3.05) is 0 Å². The number of carbonyl (C=O) groups excluding carboxylic acids is 1. The zero-order valence-corrected chi connectivity index (χ0v) is 21.4. The summed E-state index contributed by atoms with van der Waals surface area (Å²) in [6.45, 7) is 21.4. The second-order valence-electron chi connectivity index (χ2n) is 12.4. The minimum absolute atomic E-state index is 0.107. The smallest absolute Gasteiger partial charge is 0.192 e. The zero-order valence-electron chi connectivity index (χ0n) is 20.4. The van der Waals surface area contributed by atoms with Crippen LogP contribution >= 0.6 is 0 Å². The Balaban J connectivity index is 2.09. The maximum atomic E-state index is 11.9. The van der Waals surface area contributed by atoms with Crippen molar-refractivity contribution in [3.05, 3.63) is 22.8 Å². The van der Waals surface area contributed by atoms with Gasteiger partial charge in [0.05, 0.1) is 6.10 Å². The largest absolute Gasteiger partial charge is 0.413 e. The fourth-order valence-corrected chi connectivity index (χ4v) is 7.42. The average molecular weight is 417 g/mol. The van der Waals surface area contributed by atoms with E-state index in [-0.39, 0.29) is 16.6 Å². The van der Waals surface area contributed by atoms with Crippen LogP contribution in [0.15, 0.2) is 22.8 Å². The zero-order chi connectivity index (χ0) is 21.8. The maximum Gasteiger partial charge on any atom is 0.192 e. The van der Waals surface area contributed by atoms with Gasteiger partial charge in [0, 0.05) is 6.42 Å². The third-order valence-corrected chi connectivity index (χ3v) is 13.7. The van der Waals surface area contributed by atoms with Gasteiger partial charge in [-0.1, -0.05) is 65.7 Å². The first kappa shape index (κ1) is 23.0. The molecule has 0 aromatic heterocycles. The van der Waals surface area contributed by atoms with Crippen LogP contribution in [0.3, 0.4) is 0 Å². The van der Waals surface area contributed by atoms with Crippen LogP contribution in [0.5, 0.6) is 0 Å². The van der Waals surface area contributed by atoms with Crippen molar-refractivity contribution >= 4 is 14.6 Å². The molecule has 3 aliphatic rings. The molecule has 0 aromatic carbocycles. The molecule has 29 heavy (non-hydrogen) atoms. The Morgan fingerprint density at radius 3 is 2.38 bits per heavy atom. The van der Waals surface area contributed by atoms with Crippen molar-refractivity contribution in [2.45, 2.75) is 111 Å². The predicted molar refractivity (Wildman–Crippen MR) is 125 cm³/mol. The third kappa shape index (κ3) is 3.87. The molecule has 2 nitrogen and oxygen atoms in total. The van der Waals surface area contributed by atoms with Crippen molar-refractivity contribution < 1.29 is 9.22 Å². The second-order valence-corrected chi connectivity index (χ2v) is 17.2. The summed E-state index contributed by atoms with van der Waals surface area (Å²) in [5.41, 5.74) is 4.86. The standard InChI is InChI=1S/C26H44O2Si/c1-18(2)20-12-13-25(6)14-15-26(7)21(23(20)25)11-10-19(17-27)16-22(26)28-29(8,9)24(3,4)5/h10,17-18,21-22H,11-16H2,1-9H3/t21-,22+,25+,26+/m0/s1. The van der Waals surface area contributed by atoms with E-state index in [9.17, 15) is 4.79 Å². The number of hydrogen-bond acceptors (Lipinski definition) is 2. The molecule has 1 fully saturated rings. The van der Waals surface area contributed by atoms with Crippen LogP contribution in [0.2, 0.25) is 18.1 Å². The Morgan fingerprint density at radius 1 is 1.17 bits per heavy atom. The van der Waals surface area contributed by atoms with Crippen LogP contribution in [0.1, 0.15) is 87.0 Å². The summed E-state index contributed by atoms with van der Waals surface area (Å²) < 4.78 is 7.12. The normalized spacial score (nSPS) is 35.9. The summed E-state index contributed by atoms with van der Waals surface area (Å²) in [6, 6.07) is 0. The molecular formula is C26H44O2Si. The predicted octanol–water partition coefficient (Wildman–Crippen LogP) is 7.46. The van der Waals surface area contributed by atoms with E-state index in [1.54, 1.807) is 11.1 Å². The Bertz CT molecular complexity index is 723. The van der Waals surface area contributed by atoms with E-state index in [0.717, 1.165) is 24.7 Å². The summed E-state index contributed by atoms with van der Waals surface area (Å²) in [4.78, 5) is 11.9. The number of carbonyl (C=O) groups is 1. The Morgan fingerprint density at radius 2 is 1.83 bits per heavy atom. The van der Waals surface area contributed by atoms with Crippen molar-refractivity contribution in [2.24, 2.45) is 22.7 Å². The maximum absolute atomic E-state index is 11.9. The second kappa shape index (κ2) is 7.48. The first-order valence-corrected chi connectivity index (χ1v) is 14.7. The molecule has 0 radical (unpaired) electrons. The van der Waals surface area contributed by atoms with Crippen molar-refractivity contribution in [1.82, 2.24) is 0 Å². The lowest BCUT2D eigenvalue weighted by molar-refractivity contribution is -0.105. The number of rotatable bonds is 4. The molecule has 4 atom stereocenters. The van der Waals surface area contributed by atoms with Crippen LogP contribution in [0.25, 0.3) is 0 Å². The molecule has 1 saturated carbocycles. The van der Waals surface area contributed by atoms with Crippen LogP contribution in [-0.2, 0) is 9.22 Å². The molecule has 0 aromatic rings. The van der Waals surface area contributed by atoms with Gasteiger partial charge in [-0.05, 0) is 78.5 Å². The fourth-order valence-electron chi connectivity index (χ4n) is 6.00. The Labute approximate surface area is 180 Å². The number of fused-ring (bicyclic) bond motifs is 3. The van der Waals surface area contributed by atoms with Crippen LogP contribution in [0.4, 0.5) is 0 Å². The molecule has 164 valence electrons. The van der Waals surface area contributed by atoms with Gasteiger partial charge in [0.25, 0.3) is 0 Å². The Kier molecular flexibility index (Phi) is 5.93. The summed E-state index contributed by atoms with van der Waals surface area (Å²) in [5.74, 6) is 1.13. The molecule has 0 unspecified atom stereocenters. The molecule has 0 saturated heterocycles. The molecule has 0 aliphatic heterocycles. The first-order chi connectivity index (χ1) is 13.2. The molecule has 0 heterocycles. The molecule has 0 amide bonds. The number of aldehydes is 1. The van der Waals surface area contributed by atoms with Gasteiger partial charge < -0.3 is 4.43 Å². The summed E-state index contributed by atoms with van der Waals surface area (Å²) >= 11 is 0. The van der Waals surface area contributed by atoms with Gasteiger partial charge in [0.2, 0.25) is 0 Å². The van der Waals surface area contributed by atoms with Crippen LogP contribution < -0.4 is 0 Å². The summed E-state index contributed by atoms with van der Waals surface area (Å²) in [7, 11) is -1.93. The molecular weight excluding hydrogens is 372 g/mol. The van der Waals surface area contributed by atoms with Gasteiger partial charge in [0.15, 0.2) is 8.32 Å². The fraction of sp³-hybridized carbons (Fsp3) is 0.808. The summed E-state index contributed by atoms with van der Waals surface area (Å²) in [6.07, 6.45) is 10.3. The van der Waals surface area contributed by atoms with Crippen LogP contribution in [0, 0.1) is 22.7 Å². The van der Waals surface area contributed by atoms with E-state index in [4.69, 9.17) is 4.43 Å². The highest BCUT2D eigenvalue weighted by atomic mass is 28.4. The molecule has 3 aliphatic carbocycles. The minimum atomic E-state index is -1.93. The van der Waals surface area contributed by atoms with Crippen molar-refractivity contribution in [3.8, 4) is 0 Å². The van der Waals surface area contributed by atoms with E-state index in [0.29, 0.717) is 17.3 Å². The molecule has 3 heteroatoms. The lowest BCUT2D eigenvalue weighted by atomic mass is 9.54.